The Morgan fingerprint density at radius 3 is 2.50 bits per heavy atom. The van der Waals surface area contributed by atoms with Crippen LogP contribution in [0.2, 0.25) is 0 Å². The van der Waals surface area contributed by atoms with E-state index in [2.05, 4.69) is 36.5 Å². The summed E-state index contributed by atoms with van der Waals surface area (Å²) in [6.45, 7) is 2.50. The minimum Gasteiger partial charge on any atom is -0.396 e. The van der Waals surface area contributed by atoms with Crippen LogP contribution in [-0.2, 0) is 0 Å². The molecule has 0 heterocycles. The molecule has 0 bridgehead atoms. The van der Waals surface area contributed by atoms with Crippen LogP contribution in [0.5, 0.6) is 0 Å². The van der Waals surface area contributed by atoms with Gasteiger partial charge in [-0.25, -0.2) is 0 Å². The van der Waals surface area contributed by atoms with E-state index in [1.165, 1.54) is 31.2 Å². The van der Waals surface area contributed by atoms with Crippen molar-refractivity contribution in [3.63, 3.8) is 0 Å². The fourth-order valence-electron chi connectivity index (χ4n) is 2.68. The van der Waals surface area contributed by atoms with Crippen molar-refractivity contribution in [2.75, 3.05) is 6.61 Å². The van der Waals surface area contributed by atoms with Gasteiger partial charge in [0.1, 0.15) is 0 Å². The molecule has 1 fully saturated rings. The van der Waals surface area contributed by atoms with Crippen LogP contribution in [-0.4, -0.2) is 17.8 Å². The molecule has 18 heavy (non-hydrogen) atoms. The highest BCUT2D eigenvalue weighted by Crippen LogP contribution is 2.36. The minimum absolute atomic E-state index is 0.246. The fourth-order valence-corrected chi connectivity index (χ4v) is 2.68. The van der Waals surface area contributed by atoms with Gasteiger partial charge in [0, 0.05) is 18.7 Å². The molecular weight excluding hydrogens is 222 g/mol. The number of hydrogen-bond donors (Lipinski definition) is 2. The lowest BCUT2D eigenvalue weighted by Gasteiger charge is -2.25. The first-order valence-corrected chi connectivity index (χ1v) is 7.27. The van der Waals surface area contributed by atoms with E-state index in [-0.39, 0.29) is 6.61 Å². The molecule has 2 nitrogen and oxygen atoms in total. The van der Waals surface area contributed by atoms with E-state index in [4.69, 9.17) is 0 Å². The smallest absolute Gasteiger partial charge is 0.0449 e. The van der Waals surface area contributed by atoms with Crippen LogP contribution in [0.3, 0.4) is 0 Å². The number of aliphatic hydroxyl groups is 1. The average molecular weight is 247 g/mol. The molecular formula is C16H25NO. The van der Waals surface area contributed by atoms with Gasteiger partial charge < -0.3 is 10.4 Å². The van der Waals surface area contributed by atoms with E-state index in [9.17, 15) is 5.11 Å². The van der Waals surface area contributed by atoms with E-state index in [0.717, 1.165) is 12.3 Å². The van der Waals surface area contributed by atoms with Gasteiger partial charge >= 0.3 is 0 Å². The highest BCUT2D eigenvalue weighted by molar-refractivity contribution is 5.19. The standard InChI is InChI=1S/C16H25NO/c1-2-6-15(14-9-10-14)17-16(11-12-18)13-7-4-3-5-8-13/h3-5,7-8,14-18H,2,6,9-12H2,1H3/t15?,16-/m1/s1. The third-order valence-electron chi connectivity index (χ3n) is 3.83. The lowest BCUT2D eigenvalue weighted by Crippen LogP contribution is -2.35. The van der Waals surface area contributed by atoms with Gasteiger partial charge in [-0.05, 0) is 37.2 Å². The maximum absolute atomic E-state index is 9.26. The Morgan fingerprint density at radius 1 is 1.22 bits per heavy atom. The zero-order chi connectivity index (χ0) is 12.8. The summed E-state index contributed by atoms with van der Waals surface area (Å²) in [5.74, 6) is 0.870. The van der Waals surface area contributed by atoms with E-state index in [1.807, 2.05) is 6.07 Å². The highest BCUT2D eigenvalue weighted by atomic mass is 16.3. The van der Waals surface area contributed by atoms with Gasteiger partial charge in [-0.2, -0.15) is 0 Å². The second-order valence-corrected chi connectivity index (χ2v) is 5.37. The summed E-state index contributed by atoms with van der Waals surface area (Å²) in [7, 11) is 0. The monoisotopic (exact) mass is 247 g/mol. The molecule has 2 heteroatoms. The van der Waals surface area contributed by atoms with Crippen LogP contribution in [0.1, 0.15) is 50.6 Å². The van der Waals surface area contributed by atoms with Crippen molar-refractivity contribution < 1.29 is 5.11 Å². The molecule has 1 unspecified atom stereocenters. The van der Waals surface area contributed by atoms with Gasteiger partial charge in [0.2, 0.25) is 0 Å². The Kier molecular flexibility index (Phi) is 5.21. The second-order valence-electron chi connectivity index (χ2n) is 5.37. The molecule has 2 rings (SSSR count). The molecule has 0 aliphatic heterocycles. The zero-order valence-corrected chi connectivity index (χ0v) is 11.3. The molecule has 0 spiro atoms. The lowest BCUT2D eigenvalue weighted by atomic mass is 10.00. The Morgan fingerprint density at radius 2 is 1.94 bits per heavy atom. The maximum Gasteiger partial charge on any atom is 0.0449 e. The third kappa shape index (κ3) is 3.82. The predicted molar refractivity (Wildman–Crippen MR) is 75.4 cm³/mol. The number of aliphatic hydroxyl groups excluding tert-OH is 1. The van der Waals surface area contributed by atoms with Crippen molar-refractivity contribution >= 4 is 0 Å². The highest BCUT2D eigenvalue weighted by Gasteiger charge is 2.31. The molecule has 2 N–H and O–H groups in total. The van der Waals surface area contributed by atoms with Gasteiger partial charge in [-0.3, -0.25) is 0 Å². The molecule has 0 amide bonds. The Labute approximate surface area is 110 Å². The van der Waals surface area contributed by atoms with Crippen molar-refractivity contribution in [3.05, 3.63) is 35.9 Å². The van der Waals surface area contributed by atoms with E-state index in [0.29, 0.717) is 12.1 Å². The summed E-state index contributed by atoms with van der Waals surface area (Å²) >= 11 is 0. The van der Waals surface area contributed by atoms with E-state index in [1.54, 1.807) is 0 Å². The van der Waals surface area contributed by atoms with Crippen molar-refractivity contribution in [3.8, 4) is 0 Å². The second kappa shape index (κ2) is 6.91. The third-order valence-corrected chi connectivity index (χ3v) is 3.83. The lowest BCUT2D eigenvalue weighted by molar-refractivity contribution is 0.252. The Balaban J connectivity index is 2.00. The summed E-state index contributed by atoms with van der Waals surface area (Å²) in [4.78, 5) is 0. The number of nitrogens with one attached hydrogen (secondary N) is 1. The van der Waals surface area contributed by atoms with E-state index >= 15 is 0 Å². The number of hydrogen-bond acceptors (Lipinski definition) is 2. The maximum atomic E-state index is 9.26. The number of rotatable bonds is 8. The molecule has 0 radical (unpaired) electrons. The van der Waals surface area contributed by atoms with Crippen molar-refractivity contribution in [1.82, 2.24) is 5.32 Å². The fraction of sp³-hybridized carbons (Fsp3) is 0.625. The average Bonchev–Trinajstić information content (AvgIpc) is 3.23. The Hall–Kier alpha value is -0.860. The quantitative estimate of drug-likeness (QED) is 0.739. The molecule has 1 aliphatic rings. The first-order valence-electron chi connectivity index (χ1n) is 7.27. The summed E-state index contributed by atoms with van der Waals surface area (Å²) in [6.07, 6.45) is 6.03. The molecule has 1 aromatic carbocycles. The predicted octanol–water partition coefficient (Wildman–Crippen LogP) is 3.28. The van der Waals surface area contributed by atoms with Gasteiger partial charge in [-0.15, -0.1) is 0 Å². The van der Waals surface area contributed by atoms with Crippen molar-refractivity contribution in [2.45, 2.75) is 51.1 Å². The zero-order valence-electron chi connectivity index (χ0n) is 11.3. The minimum atomic E-state index is 0.246. The van der Waals surface area contributed by atoms with Crippen LogP contribution < -0.4 is 5.32 Å². The topological polar surface area (TPSA) is 32.3 Å². The summed E-state index contributed by atoms with van der Waals surface area (Å²) < 4.78 is 0. The first-order chi connectivity index (χ1) is 8.85. The summed E-state index contributed by atoms with van der Waals surface area (Å²) in [5, 5.41) is 13.0. The van der Waals surface area contributed by atoms with Crippen molar-refractivity contribution in [1.29, 1.82) is 0 Å². The van der Waals surface area contributed by atoms with Crippen LogP contribution in [0.4, 0.5) is 0 Å². The van der Waals surface area contributed by atoms with Crippen LogP contribution in [0, 0.1) is 5.92 Å². The van der Waals surface area contributed by atoms with Crippen molar-refractivity contribution in [2.24, 2.45) is 5.92 Å². The molecule has 100 valence electrons. The van der Waals surface area contributed by atoms with Gasteiger partial charge in [0.15, 0.2) is 0 Å². The SMILES string of the molecule is CCCC(N[C@H](CCO)c1ccccc1)C1CC1. The van der Waals surface area contributed by atoms with Crippen LogP contribution in [0.15, 0.2) is 30.3 Å². The van der Waals surface area contributed by atoms with Gasteiger partial charge in [0.25, 0.3) is 0 Å². The Bertz CT molecular complexity index is 334. The molecule has 1 aliphatic carbocycles. The first kappa shape index (κ1) is 13.6. The largest absolute Gasteiger partial charge is 0.396 e. The molecule has 1 aromatic rings. The van der Waals surface area contributed by atoms with Crippen LogP contribution in [0.25, 0.3) is 0 Å². The molecule has 2 atom stereocenters. The summed E-state index contributed by atoms with van der Waals surface area (Å²) in [5.41, 5.74) is 1.30. The molecule has 0 aromatic heterocycles. The van der Waals surface area contributed by atoms with E-state index < -0.39 is 0 Å². The van der Waals surface area contributed by atoms with Gasteiger partial charge in [-0.1, -0.05) is 43.7 Å². The molecule has 1 saturated carbocycles. The normalized spacial score (nSPS) is 18.6. The summed E-state index contributed by atoms with van der Waals surface area (Å²) in [6, 6.07) is 11.4. The van der Waals surface area contributed by atoms with Gasteiger partial charge in [0.05, 0.1) is 0 Å². The molecule has 0 saturated heterocycles. The number of benzene rings is 1. The van der Waals surface area contributed by atoms with Crippen LogP contribution >= 0.6 is 0 Å².